The zero-order valence-corrected chi connectivity index (χ0v) is 15.2. The van der Waals surface area contributed by atoms with Crippen molar-refractivity contribution in [2.75, 3.05) is 0 Å². The fourth-order valence-electron chi connectivity index (χ4n) is 3.64. The summed E-state index contributed by atoms with van der Waals surface area (Å²) in [5.41, 5.74) is 9.33. The van der Waals surface area contributed by atoms with Crippen molar-refractivity contribution in [1.82, 2.24) is 4.40 Å². The summed E-state index contributed by atoms with van der Waals surface area (Å²) >= 11 is 0. The van der Waals surface area contributed by atoms with Gasteiger partial charge in [-0.05, 0) is 66.1 Å². The summed E-state index contributed by atoms with van der Waals surface area (Å²) in [5, 5.41) is 8.91. The fraction of sp³-hybridized carbons (Fsp3) is 0.238. The molecule has 4 rings (SSSR count). The predicted octanol–water partition coefficient (Wildman–Crippen LogP) is 3.81. The number of nitrogens with zero attached hydrogens (tertiary/aromatic N) is 1. The van der Waals surface area contributed by atoms with Crippen molar-refractivity contribution in [3.8, 4) is 16.9 Å². The Labute approximate surface area is 160 Å². The van der Waals surface area contributed by atoms with E-state index in [-0.39, 0.29) is 24.0 Å². The van der Waals surface area contributed by atoms with Crippen LogP contribution in [0.2, 0.25) is 0 Å². The molecule has 1 aromatic carbocycles. The number of rotatable bonds is 4. The van der Waals surface area contributed by atoms with E-state index in [1.54, 1.807) is 24.4 Å². The average molecular weight is 382 g/mol. The largest absolute Gasteiger partial charge is 0.511 e. The van der Waals surface area contributed by atoms with Gasteiger partial charge >= 0.3 is 6.16 Å². The average Bonchev–Trinajstić information content (AvgIpc) is 3.49. The van der Waals surface area contributed by atoms with E-state index in [1.165, 1.54) is 16.5 Å². The van der Waals surface area contributed by atoms with Gasteiger partial charge in [0.2, 0.25) is 0 Å². The molecule has 0 spiro atoms. The van der Waals surface area contributed by atoms with Crippen molar-refractivity contribution in [2.24, 2.45) is 5.73 Å². The van der Waals surface area contributed by atoms with Crippen LogP contribution in [-0.2, 0) is 6.54 Å². The van der Waals surface area contributed by atoms with Crippen LogP contribution in [0.25, 0.3) is 16.6 Å². The Morgan fingerprint density at radius 2 is 2.07 bits per heavy atom. The van der Waals surface area contributed by atoms with Crippen LogP contribution >= 0.6 is 0 Å². The zero-order valence-electron chi connectivity index (χ0n) is 15.2. The Kier molecular flexibility index (Phi) is 4.39. The van der Waals surface area contributed by atoms with Gasteiger partial charge in [0, 0.05) is 18.3 Å². The normalized spacial score (nSPS) is 13.7. The van der Waals surface area contributed by atoms with E-state index in [4.69, 9.17) is 10.8 Å². The second-order valence-corrected chi connectivity index (χ2v) is 6.99. The number of pyridine rings is 2. The number of fused-ring (bicyclic) bond motifs is 1. The van der Waals surface area contributed by atoms with Crippen molar-refractivity contribution in [1.29, 1.82) is 0 Å². The minimum atomic E-state index is -1.53. The van der Waals surface area contributed by atoms with E-state index in [1.807, 2.05) is 6.92 Å². The molecule has 0 bridgehead atoms. The Morgan fingerprint density at radius 3 is 2.68 bits per heavy atom. The molecule has 3 aromatic rings. The van der Waals surface area contributed by atoms with Crippen molar-refractivity contribution in [2.45, 2.75) is 32.2 Å². The monoisotopic (exact) mass is 382 g/mol. The van der Waals surface area contributed by atoms with E-state index in [9.17, 15) is 14.0 Å². The molecule has 1 fully saturated rings. The molecule has 0 aliphatic heterocycles. The summed E-state index contributed by atoms with van der Waals surface area (Å²) in [5.74, 6) is -0.335. The van der Waals surface area contributed by atoms with Gasteiger partial charge in [0.15, 0.2) is 5.75 Å². The van der Waals surface area contributed by atoms with Gasteiger partial charge in [0.1, 0.15) is 5.82 Å². The van der Waals surface area contributed by atoms with Crippen LogP contribution in [0.5, 0.6) is 5.75 Å². The smallest absolute Gasteiger partial charge is 0.449 e. The summed E-state index contributed by atoms with van der Waals surface area (Å²) in [6.07, 6.45) is 1.98. The lowest BCUT2D eigenvalue weighted by Crippen LogP contribution is -2.20. The van der Waals surface area contributed by atoms with Gasteiger partial charge in [-0.15, -0.1) is 0 Å². The lowest BCUT2D eigenvalue weighted by atomic mass is 9.96. The lowest BCUT2D eigenvalue weighted by Gasteiger charge is -2.16. The molecule has 7 heteroatoms. The van der Waals surface area contributed by atoms with Crippen LogP contribution in [0.4, 0.5) is 9.18 Å². The van der Waals surface area contributed by atoms with Gasteiger partial charge in [0.05, 0.1) is 5.52 Å². The maximum Gasteiger partial charge on any atom is 0.511 e. The Bertz CT molecular complexity index is 1170. The molecule has 0 amide bonds. The third-order valence-corrected chi connectivity index (χ3v) is 5.18. The van der Waals surface area contributed by atoms with Crippen LogP contribution in [0, 0.1) is 12.7 Å². The Hall–Kier alpha value is -3.19. The molecule has 0 atom stereocenters. The van der Waals surface area contributed by atoms with E-state index >= 15 is 0 Å². The van der Waals surface area contributed by atoms with Crippen molar-refractivity contribution >= 4 is 11.7 Å². The Morgan fingerprint density at radius 1 is 1.32 bits per heavy atom. The van der Waals surface area contributed by atoms with Gasteiger partial charge < -0.3 is 15.6 Å². The highest BCUT2D eigenvalue weighted by Gasteiger charge is 2.29. The molecule has 0 unspecified atom stereocenters. The first kappa shape index (κ1) is 18.2. The molecule has 1 saturated carbocycles. The highest BCUT2D eigenvalue weighted by Crippen LogP contribution is 2.44. The standard InChI is InChI=1S/C21H19FN2O4/c1-11-15(13-4-5-14(10-23)17(22)8-13)6-7-24-19(11)16(12-2-3-12)9-18(20(24)25)28-21(26)27/h4-9,12H,2-3,10,23H2,1H3,(H,26,27). The highest BCUT2D eigenvalue weighted by atomic mass is 19.1. The Balaban J connectivity index is 1.96. The molecule has 0 saturated heterocycles. The third kappa shape index (κ3) is 3.03. The first-order chi connectivity index (χ1) is 13.4. The molecule has 1 aliphatic rings. The fourth-order valence-corrected chi connectivity index (χ4v) is 3.64. The van der Waals surface area contributed by atoms with Crippen molar-refractivity contribution < 1.29 is 19.0 Å². The highest BCUT2D eigenvalue weighted by molar-refractivity contribution is 5.78. The van der Waals surface area contributed by atoms with Gasteiger partial charge in [-0.2, -0.15) is 0 Å². The number of aryl methyl sites for hydroxylation is 1. The SMILES string of the molecule is Cc1c(-c2ccc(CN)c(F)c2)ccn2c(=O)c(OC(=O)O)cc(C3CC3)c12. The minimum Gasteiger partial charge on any atom is -0.449 e. The number of ether oxygens (including phenoxy) is 1. The first-order valence-corrected chi connectivity index (χ1v) is 8.99. The number of benzene rings is 1. The number of carbonyl (C=O) groups is 1. The molecule has 1 aliphatic carbocycles. The summed E-state index contributed by atoms with van der Waals surface area (Å²) in [7, 11) is 0. The number of aromatic nitrogens is 1. The number of nitrogens with two attached hydrogens (primary N) is 1. The summed E-state index contributed by atoms with van der Waals surface area (Å²) in [6, 6.07) is 8.16. The summed E-state index contributed by atoms with van der Waals surface area (Å²) in [4.78, 5) is 23.6. The van der Waals surface area contributed by atoms with Gasteiger partial charge in [0.25, 0.3) is 5.56 Å². The molecule has 28 heavy (non-hydrogen) atoms. The number of hydrogen-bond acceptors (Lipinski definition) is 4. The van der Waals surface area contributed by atoms with E-state index < -0.39 is 11.7 Å². The summed E-state index contributed by atoms with van der Waals surface area (Å²) in [6.45, 7) is 2.00. The maximum absolute atomic E-state index is 14.2. The van der Waals surface area contributed by atoms with Crippen LogP contribution in [0.15, 0.2) is 41.3 Å². The third-order valence-electron chi connectivity index (χ3n) is 5.18. The number of halogens is 1. The van der Waals surface area contributed by atoms with Crippen molar-refractivity contribution in [3.63, 3.8) is 0 Å². The molecular formula is C21H19FN2O4. The van der Waals surface area contributed by atoms with Crippen molar-refractivity contribution in [3.05, 3.63) is 69.4 Å². The van der Waals surface area contributed by atoms with E-state index in [2.05, 4.69) is 4.74 Å². The second-order valence-electron chi connectivity index (χ2n) is 6.99. The first-order valence-electron chi connectivity index (χ1n) is 8.99. The van der Waals surface area contributed by atoms with Crippen LogP contribution in [0.1, 0.15) is 35.4 Å². The van der Waals surface area contributed by atoms with E-state index in [0.29, 0.717) is 16.6 Å². The summed E-state index contributed by atoms with van der Waals surface area (Å²) < 4.78 is 20.3. The lowest BCUT2D eigenvalue weighted by molar-refractivity contribution is 0.143. The van der Waals surface area contributed by atoms with Gasteiger partial charge in [-0.3, -0.25) is 9.20 Å². The molecular weight excluding hydrogens is 363 g/mol. The van der Waals surface area contributed by atoms with Crippen LogP contribution in [-0.4, -0.2) is 15.7 Å². The predicted molar refractivity (Wildman–Crippen MR) is 102 cm³/mol. The van der Waals surface area contributed by atoms with Gasteiger partial charge in [-0.1, -0.05) is 12.1 Å². The quantitative estimate of drug-likeness (QED) is 0.669. The number of carboxylic acid groups (broad SMARTS) is 1. The second kappa shape index (κ2) is 6.76. The maximum atomic E-state index is 14.2. The molecule has 3 N–H and O–H groups in total. The number of hydrogen-bond donors (Lipinski definition) is 2. The molecule has 2 heterocycles. The topological polar surface area (TPSA) is 94.0 Å². The molecule has 2 aromatic heterocycles. The minimum absolute atomic E-state index is 0.121. The van der Waals surface area contributed by atoms with Crippen LogP contribution < -0.4 is 16.0 Å². The van der Waals surface area contributed by atoms with E-state index in [0.717, 1.165) is 29.5 Å². The molecule has 0 radical (unpaired) electrons. The molecule has 144 valence electrons. The van der Waals surface area contributed by atoms with Crippen LogP contribution in [0.3, 0.4) is 0 Å². The van der Waals surface area contributed by atoms with Gasteiger partial charge in [-0.25, -0.2) is 9.18 Å². The zero-order chi connectivity index (χ0) is 20.0. The molecule has 6 nitrogen and oxygen atoms in total.